The molecule has 0 amide bonds. The molecule has 0 unspecified atom stereocenters. The first-order chi connectivity index (χ1) is 7.86. The number of alkyl halides is 3. The van der Waals surface area contributed by atoms with Crippen molar-refractivity contribution >= 4 is 0 Å². The van der Waals surface area contributed by atoms with Crippen molar-refractivity contribution in [1.82, 2.24) is 10.1 Å². The number of hydrogen-bond donors (Lipinski definition) is 1. The fourth-order valence-corrected chi connectivity index (χ4v) is 1.83. The maximum absolute atomic E-state index is 12.0. The zero-order valence-corrected chi connectivity index (χ0v) is 9.26. The van der Waals surface area contributed by atoms with Crippen molar-refractivity contribution in [3.63, 3.8) is 0 Å². The van der Waals surface area contributed by atoms with E-state index in [2.05, 4.69) is 10.1 Å². The summed E-state index contributed by atoms with van der Waals surface area (Å²) in [7, 11) is 0. The minimum absolute atomic E-state index is 0.0975. The fraction of sp³-hybridized carbons (Fsp3) is 0.800. The normalized spacial score (nSPS) is 19.1. The summed E-state index contributed by atoms with van der Waals surface area (Å²) in [5.41, 5.74) is 5.68. The number of halogens is 3. The van der Waals surface area contributed by atoms with E-state index in [0.29, 0.717) is 12.3 Å². The van der Waals surface area contributed by atoms with Gasteiger partial charge < -0.3 is 10.3 Å². The van der Waals surface area contributed by atoms with Crippen molar-refractivity contribution in [3.05, 3.63) is 11.7 Å². The molecule has 0 radical (unpaired) electrons. The van der Waals surface area contributed by atoms with Gasteiger partial charge in [0.15, 0.2) is 5.82 Å². The van der Waals surface area contributed by atoms with Gasteiger partial charge in [-0.25, -0.2) is 0 Å². The van der Waals surface area contributed by atoms with Crippen LogP contribution in [0.15, 0.2) is 4.52 Å². The van der Waals surface area contributed by atoms with Crippen molar-refractivity contribution in [2.75, 3.05) is 0 Å². The lowest BCUT2D eigenvalue weighted by Crippen LogP contribution is -2.48. The van der Waals surface area contributed by atoms with Gasteiger partial charge in [0.2, 0.25) is 5.89 Å². The molecular weight excluding hydrogens is 235 g/mol. The first-order valence-electron chi connectivity index (χ1n) is 5.53. The average Bonchev–Trinajstić information content (AvgIpc) is 2.59. The Hall–Kier alpha value is -1.11. The van der Waals surface area contributed by atoms with Gasteiger partial charge in [-0.1, -0.05) is 5.16 Å². The van der Waals surface area contributed by atoms with E-state index in [0.717, 1.165) is 19.3 Å². The van der Waals surface area contributed by atoms with Crippen molar-refractivity contribution in [1.29, 1.82) is 0 Å². The van der Waals surface area contributed by atoms with Gasteiger partial charge in [0, 0.05) is 18.4 Å². The summed E-state index contributed by atoms with van der Waals surface area (Å²) >= 11 is 0. The molecule has 0 aromatic carbocycles. The van der Waals surface area contributed by atoms with Crippen LogP contribution in [0.3, 0.4) is 0 Å². The highest BCUT2D eigenvalue weighted by Crippen LogP contribution is 2.32. The van der Waals surface area contributed by atoms with Crippen LogP contribution in [0.25, 0.3) is 0 Å². The van der Waals surface area contributed by atoms with Crippen molar-refractivity contribution in [3.8, 4) is 0 Å². The van der Waals surface area contributed by atoms with Crippen LogP contribution in [0.4, 0.5) is 13.2 Å². The molecule has 7 heteroatoms. The Morgan fingerprint density at radius 1 is 1.35 bits per heavy atom. The minimum atomic E-state index is -4.19. The highest BCUT2D eigenvalue weighted by Gasteiger charge is 2.34. The molecule has 0 spiro atoms. The summed E-state index contributed by atoms with van der Waals surface area (Å²) in [5, 5.41) is 3.52. The molecule has 2 N–H and O–H groups in total. The Bertz CT molecular complexity index is 384. The van der Waals surface area contributed by atoms with Gasteiger partial charge in [0.1, 0.15) is 0 Å². The van der Waals surface area contributed by atoms with Crippen LogP contribution in [0.5, 0.6) is 0 Å². The second-order valence-corrected chi connectivity index (χ2v) is 4.61. The lowest BCUT2D eigenvalue weighted by atomic mass is 9.75. The molecule has 17 heavy (non-hydrogen) atoms. The van der Waals surface area contributed by atoms with Crippen molar-refractivity contribution < 1.29 is 17.7 Å². The Morgan fingerprint density at radius 3 is 2.59 bits per heavy atom. The van der Waals surface area contributed by atoms with Crippen LogP contribution < -0.4 is 5.73 Å². The smallest absolute Gasteiger partial charge is 0.339 e. The number of nitrogens with two attached hydrogens (primary N) is 1. The standard InChI is InChI=1S/C10H14F3N3O/c11-10(12,13)5-2-7-15-8(17-16-7)6-9(14)3-1-4-9/h1-6,14H2. The zero-order chi connectivity index (χ0) is 12.5. The number of aryl methyl sites for hydroxylation is 1. The van der Waals surface area contributed by atoms with Gasteiger partial charge in [-0.15, -0.1) is 0 Å². The van der Waals surface area contributed by atoms with Gasteiger partial charge in [0.05, 0.1) is 6.42 Å². The van der Waals surface area contributed by atoms with Gasteiger partial charge in [-0.3, -0.25) is 0 Å². The summed E-state index contributed by atoms with van der Waals surface area (Å²) in [5.74, 6) is 0.435. The summed E-state index contributed by atoms with van der Waals surface area (Å²) in [4.78, 5) is 3.92. The van der Waals surface area contributed by atoms with Crippen LogP contribution in [0, 0.1) is 0 Å². The van der Waals surface area contributed by atoms with Crippen LogP contribution >= 0.6 is 0 Å². The van der Waals surface area contributed by atoms with E-state index in [1.165, 1.54) is 0 Å². The number of rotatable bonds is 4. The molecule has 0 aliphatic heterocycles. The van der Waals surface area contributed by atoms with Gasteiger partial charge in [0.25, 0.3) is 0 Å². The van der Waals surface area contributed by atoms with Gasteiger partial charge in [-0.2, -0.15) is 18.2 Å². The molecule has 0 bridgehead atoms. The Balaban J connectivity index is 1.87. The summed E-state index contributed by atoms with van der Waals surface area (Å²) < 4.78 is 40.8. The monoisotopic (exact) mass is 249 g/mol. The van der Waals surface area contributed by atoms with E-state index in [4.69, 9.17) is 10.3 Å². The third-order valence-corrected chi connectivity index (χ3v) is 2.99. The molecule has 96 valence electrons. The molecular formula is C10H14F3N3O. The highest BCUT2D eigenvalue weighted by atomic mass is 19.4. The topological polar surface area (TPSA) is 64.9 Å². The molecule has 1 aliphatic carbocycles. The third kappa shape index (κ3) is 3.42. The van der Waals surface area contributed by atoms with Crippen molar-refractivity contribution in [2.45, 2.75) is 50.2 Å². The molecule has 1 aromatic rings. The van der Waals surface area contributed by atoms with Gasteiger partial charge in [-0.05, 0) is 19.3 Å². The second kappa shape index (κ2) is 4.29. The first kappa shape index (κ1) is 12.3. The predicted molar refractivity (Wildman–Crippen MR) is 53.1 cm³/mol. The highest BCUT2D eigenvalue weighted by molar-refractivity contribution is 5.00. The van der Waals surface area contributed by atoms with E-state index < -0.39 is 12.6 Å². The molecule has 1 saturated carbocycles. The van der Waals surface area contributed by atoms with Crippen LogP contribution in [0.2, 0.25) is 0 Å². The number of aromatic nitrogens is 2. The van der Waals surface area contributed by atoms with E-state index in [1.807, 2.05) is 0 Å². The third-order valence-electron chi connectivity index (χ3n) is 2.99. The van der Waals surface area contributed by atoms with Crippen molar-refractivity contribution in [2.24, 2.45) is 5.73 Å². The largest absolute Gasteiger partial charge is 0.389 e. The van der Waals surface area contributed by atoms with Crippen LogP contribution in [-0.4, -0.2) is 21.9 Å². The molecule has 0 atom stereocenters. The molecule has 1 aliphatic rings. The predicted octanol–water partition coefficient (Wildman–Crippen LogP) is 1.99. The Labute approximate surface area is 96.4 Å². The number of hydrogen-bond acceptors (Lipinski definition) is 4. The molecule has 1 heterocycles. The second-order valence-electron chi connectivity index (χ2n) is 4.61. The van der Waals surface area contributed by atoms with Crippen LogP contribution in [-0.2, 0) is 12.8 Å². The quantitative estimate of drug-likeness (QED) is 0.886. The maximum atomic E-state index is 12.0. The zero-order valence-electron chi connectivity index (χ0n) is 9.26. The molecule has 0 saturated heterocycles. The minimum Gasteiger partial charge on any atom is -0.339 e. The SMILES string of the molecule is NC1(Cc2nc(CCC(F)(F)F)no2)CCC1. The molecule has 2 rings (SSSR count). The van der Waals surface area contributed by atoms with E-state index in [-0.39, 0.29) is 17.8 Å². The Morgan fingerprint density at radius 2 is 2.06 bits per heavy atom. The lowest BCUT2D eigenvalue weighted by Gasteiger charge is -2.36. The number of nitrogens with zero attached hydrogens (tertiary/aromatic N) is 2. The first-order valence-corrected chi connectivity index (χ1v) is 5.53. The maximum Gasteiger partial charge on any atom is 0.389 e. The molecule has 4 nitrogen and oxygen atoms in total. The molecule has 1 aromatic heterocycles. The molecule has 1 fully saturated rings. The summed E-state index contributed by atoms with van der Waals surface area (Å²) in [6.07, 6.45) is -2.05. The van der Waals surface area contributed by atoms with E-state index in [1.54, 1.807) is 0 Å². The van der Waals surface area contributed by atoms with Gasteiger partial charge >= 0.3 is 6.18 Å². The Kier molecular flexibility index (Phi) is 3.11. The average molecular weight is 249 g/mol. The summed E-state index contributed by atoms with van der Waals surface area (Å²) in [6, 6.07) is 0. The summed E-state index contributed by atoms with van der Waals surface area (Å²) in [6.45, 7) is 0. The lowest BCUT2D eigenvalue weighted by molar-refractivity contribution is -0.134. The fourth-order valence-electron chi connectivity index (χ4n) is 1.83. The van der Waals surface area contributed by atoms with E-state index >= 15 is 0 Å². The van der Waals surface area contributed by atoms with Crippen LogP contribution in [0.1, 0.15) is 37.4 Å². The van der Waals surface area contributed by atoms with E-state index in [9.17, 15) is 13.2 Å².